The number of allylic oxidation sites excluding steroid dienone is 1. The fraction of sp³-hybridized carbons (Fsp3) is 0.694. The number of carboxylic acids is 1. The van der Waals surface area contributed by atoms with E-state index in [0.717, 1.165) is 45.6 Å². The van der Waals surface area contributed by atoms with Gasteiger partial charge in [0.25, 0.3) is 0 Å². The molecule has 0 spiro atoms. The highest BCUT2D eigenvalue weighted by Gasteiger charge is 2.42. The molecule has 1 aromatic carbocycles. The maximum absolute atomic E-state index is 14.1. The van der Waals surface area contributed by atoms with Crippen LogP contribution in [0.5, 0.6) is 5.75 Å². The lowest BCUT2D eigenvalue weighted by atomic mass is 9.83. The van der Waals surface area contributed by atoms with Crippen molar-refractivity contribution in [3.63, 3.8) is 0 Å². The van der Waals surface area contributed by atoms with E-state index in [1.165, 1.54) is 12.2 Å². The Bertz CT molecular complexity index is 1070. The number of alkyl halides is 3. The number of halogens is 3. The third-order valence-corrected chi connectivity index (χ3v) is 8.20. The first-order valence-corrected chi connectivity index (χ1v) is 17.1. The van der Waals surface area contributed by atoms with Crippen LogP contribution in [0.4, 0.5) is 13.2 Å². The van der Waals surface area contributed by atoms with Crippen LogP contribution in [0.25, 0.3) is 0 Å². The van der Waals surface area contributed by atoms with Gasteiger partial charge in [0, 0.05) is 25.7 Å². The van der Waals surface area contributed by atoms with Crippen LogP contribution in [0.15, 0.2) is 36.4 Å². The summed E-state index contributed by atoms with van der Waals surface area (Å²) in [4.78, 5) is 37.9. The summed E-state index contributed by atoms with van der Waals surface area (Å²) < 4.78 is 52.1. The second-order valence-electron chi connectivity index (χ2n) is 12.2. The number of benzene rings is 1. The number of rotatable bonds is 27. The van der Waals surface area contributed by atoms with Crippen molar-refractivity contribution in [2.45, 2.75) is 134 Å². The number of nitrogens with one attached hydrogen (secondary N) is 1. The van der Waals surface area contributed by atoms with E-state index in [1.54, 1.807) is 24.3 Å². The molecule has 0 unspecified atom stereocenters. The van der Waals surface area contributed by atoms with Gasteiger partial charge in [-0.1, -0.05) is 83.1 Å². The minimum Gasteiger partial charge on any atom is -0.547 e. The number of carbonyl (C=O) groups excluding carboxylic acids is 3. The second-order valence-corrected chi connectivity index (χ2v) is 12.2. The van der Waals surface area contributed by atoms with Crippen molar-refractivity contribution in [1.29, 1.82) is 0 Å². The van der Waals surface area contributed by atoms with E-state index >= 15 is 0 Å². The molecule has 0 saturated heterocycles. The van der Waals surface area contributed by atoms with E-state index in [2.05, 4.69) is 12.2 Å². The predicted octanol–water partition coefficient (Wildman–Crippen LogP) is 6.42. The van der Waals surface area contributed by atoms with Crippen molar-refractivity contribution in [1.82, 2.24) is 5.32 Å². The largest absolute Gasteiger partial charge is 0.547 e. The molecular weight excluding hydrogens is 615 g/mol. The molecule has 0 aromatic heterocycles. The summed E-state index contributed by atoms with van der Waals surface area (Å²) in [5, 5.41) is 25.3. The van der Waals surface area contributed by atoms with Gasteiger partial charge in [-0.15, -0.1) is 0 Å². The molecule has 0 aliphatic rings. The van der Waals surface area contributed by atoms with Gasteiger partial charge in [-0.25, -0.2) is 13.6 Å². The molecule has 1 amide bonds. The zero-order chi connectivity index (χ0) is 35.1. The summed E-state index contributed by atoms with van der Waals surface area (Å²) in [7, 11) is 1.14. The molecule has 2 N–H and O–H groups in total. The van der Waals surface area contributed by atoms with Crippen molar-refractivity contribution < 1.29 is 47.2 Å². The minimum atomic E-state index is -2.88. The maximum Gasteiger partial charge on any atom is 0.328 e. The van der Waals surface area contributed by atoms with Gasteiger partial charge >= 0.3 is 5.97 Å². The van der Waals surface area contributed by atoms with Crippen LogP contribution in [0.1, 0.15) is 116 Å². The monoisotopic (exact) mass is 670 g/mol. The van der Waals surface area contributed by atoms with Crippen LogP contribution in [0.3, 0.4) is 0 Å². The lowest BCUT2D eigenvalue weighted by molar-refractivity contribution is -0.327. The molecule has 0 aliphatic carbocycles. The van der Waals surface area contributed by atoms with Gasteiger partial charge in [0.1, 0.15) is 17.4 Å². The average molecular weight is 671 g/mol. The number of hydrogen-bond acceptors (Lipinski definition) is 7. The van der Waals surface area contributed by atoms with Gasteiger partial charge in [0.05, 0.1) is 32.3 Å². The number of aliphatic carboxylic acids is 1. The molecule has 8 nitrogen and oxygen atoms in total. The first kappa shape index (κ1) is 41.9. The van der Waals surface area contributed by atoms with Gasteiger partial charge in [-0.3, -0.25) is 9.18 Å². The highest BCUT2D eigenvalue weighted by atomic mass is 19.3. The Hall–Kier alpha value is -3.08. The Morgan fingerprint density at radius 3 is 2.06 bits per heavy atom. The highest BCUT2D eigenvalue weighted by molar-refractivity contribution is 5.92. The zero-order valence-corrected chi connectivity index (χ0v) is 28.4. The standard InChI is InChI=1S/C36H56F3NO7/c1-4-6-8-12-15-22-35(38,39)23-16-13-10-9-11-14-17-30(36(45,24-25-37)34(43)44)32(41)40-31(33(42)46-3)27-28-18-20-29(21-19-28)47-26-7-5-2/h14,17-21,30-31,45H,4-13,15-16,22-27H2,1-3H3,(H,40,41)(H,43,44)/p-1/b17-14+/t30-,31+,36+/m1/s1. The lowest BCUT2D eigenvalue weighted by Gasteiger charge is -2.34. The van der Waals surface area contributed by atoms with Crippen LogP contribution in [0.2, 0.25) is 0 Å². The summed E-state index contributed by atoms with van der Waals surface area (Å²) in [6.07, 6.45) is 10.3. The molecule has 0 fully saturated rings. The Morgan fingerprint density at radius 2 is 1.51 bits per heavy atom. The van der Waals surface area contributed by atoms with Gasteiger partial charge in [0.15, 0.2) is 0 Å². The van der Waals surface area contributed by atoms with Crippen molar-refractivity contribution in [3.8, 4) is 5.75 Å². The Kier molecular flexibility index (Phi) is 20.8. The topological polar surface area (TPSA) is 125 Å². The first-order valence-electron chi connectivity index (χ1n) is 17.1. The smallest absolute Gasteiger partial charge is 0.328 e. The first-order chi connectivity index (χ1) is 22.4. The number of unbranched alkanes of at least 4 members (excludes halogenated alkanes) is 9. The quantitative estimate of drug-likeness (QED) is 0.0629. The SMILES string of the molecule is CCCCCCCC(F)(F)CCCCCC/C=C/[C@H](C(=O)N[C@@H](Cc1ccc(OCCCC)cc1)C(=O)OC)[C@@](O)(CCF)C(=O)[O-]. The maximum atomic E-state index is 14.1. The number of amides is 1. The Morgan fingerprint density at radius 1 is 0.915 bits per heavy atom. The van der Waals surface area contributed by atoms with Crippen molar-refractivity contribution in [3.05, 3.63) is 42.0 Å². The molecule has 0 heterocycles. The number of ether oxygens (including phenoxy) is 2. The van der Waals surface area contributed by atoms with Gasteiger partial charge in [0.2, 0.25) is 11.8 Å². The van der Waals surface area contributed by atoms with E-state index in [-0.39, 0.29) is 19.3 Å². The molecule has 0 aliphatic heterocycles. The number of aliphatic hydroxyl groups is 1. The summed E-state index contributed by atoms with van der Waals surface area (Å²) in [6.45, 7) is 3.45. The Balaban J connectivity index is 2.83. The molecule has 47 heavy (non-hydrogen) atoms. The van der Waals surface area contributed by atoms with Gasteiger partial charge < -0.3 is 29.8 Å². The highest BCUT2D eigenvalue weighted by Crippen LogP contribution is 2.29. The summed E-state index contributed by atoms with van der Waals surface area (Å²) >= 11 is 0. The normalized spacial score (nSPS) is 14.4. The molecule has 268 valence electrons. The number of esters is 1. The summed E-state index contributed by atoms with van der Waals surface area (Å²) in [5.74, 6) is -7.66. The van der Waals surface area contributed by atoms with Crippen LogP contribution in [0, 0.1) is 5.92 Å². The molecule has 0 bridgehead atoms. The average Bonchev–Trinajstić information content (AvgIpc) is 3.04. The fourth-order valence-corrected chi connectivity index (χ4v) is 5.22. The van der Waals surface area contributed by atoms with Crippen molar-refractivity contribution in [2.75, 3.05) is 20.4 Å². The van der Waals surface area contributed by atoms with E-state index in [1.807, 2.05) is 6.92 Å². The Labute approximate surface area is 278 Å². The molecule has 3 atom stereocenters. The fourth-order valence-electron chi connectivity index (χ4n) is 5.22. The summed E-state index contributed by atoms with van der Waals surface area (Å²) in [5.41, 5.74) is -2.23. The molecule has 1 aromatic rings. The number of carboxylic acid groups (broad SMARTS) is 1. The third kappa shape index (κ3) is 16.5. The van der Waals surface area contributed by atoms with Crippen LogP contribution in [-0.2, 0) is 25.5 Å². The van der Waals surface area contributed by atoms with Gasteiger partial charge in [-0.05, 0) is 49.8 Å². The van der Waals surface area contributed by atoms with Crippen molar-refractivity contribution >= 4 is 17.8 Å². The number of carbonyl (C=O) groups is 3. The van der Waals surface area contributed by atoms with Crippen LogP contribution >= 0.6 is 0 Å². The predicted molar refractivity (Wildman–Crippen MR) is 174 cm³/mol. The number of hydrogen-bond donors (Lipinski definition) is 2. The zero-order valence-electron chi connectivity index (χ0n) is 28.4. The van der Waals surface area contributed by atoms with Crippen LogP contribution < -0.4 is 15.2 Å². The van der Waals surface area contributed by atoms with Crippen LogP contribution in [-0.4, -0.2) is 60.9 Å². The molecular formula is C36H55F3NO7-. The van der Waals surface area contributed by atoms with Crippen molar-refractivity contribution in [2.24, 2.45) is 5.92 Å². The van der Waals surface area contributed by atoms with E-state index in [9.17, 15) is 37.8 Å². The second kappa shape index (κ2) is 23.3. The number of methoxy groups -OCH3 is 1. The van der Waals surface area contributed by atoms with E-state index in [0.29, 0.717) is 56.4 Å². The summed E-state index contributed by atoms with van der Waals surface area (Å²) in [6, 6.07) is 5.66. The molecule has 0 radical (unpaired) electrons. The molecule has 1 rings (SSSR count). The molecule has 11 heteroatoms. The third-order valence-electron chi connectivity index (χ3n) is 8.20. The lowest BCUT2D eigenvalue weighted by Crippen LogP contribution is -2.59. The van der Waals surface area contributed by atoms with Gasteiger partial charge in [-0.2, -0.15) is 0 Å². The molecule has 0 saturated carbocycles. The van der Waals surface area contributed by atoms with E-state index < -0.39 is 54.4 Å². The van der Waals surface area contributed by atoms with E-state index in [4.69, 9.17) is 9.47 Å². The minimum absolute atomic E-state index is 0.00511.